The predicted molar refractivity (Wildman–Crippen MR) is 59.2 cm³/mol. The molecule has 0 fully saturated rings. The number of hydrogen-bond donors (Lipinski definition) is 3. The summed E-state index contributed by atoms with van der Waals surface area (Å²) in [6.45, 7) is 3.34. The molecule has 0 saturated carbocycles. The van der Waals surface area contributed by atoms with Crippen molar-refractivity contribution in [1.82, 2.24) is 0 Å². The van der Waals surface area contributed by atoms with Crippen molar-refractivity contribution in [1.29, 1.82) is 0 Å². The average molecular weight is 222 g/mol. The molecule has 0 radical (unpaired) electrons. The maximum atomic E-state index is 10.2. The number of carbonyl (C=O) groups is 1. The summed E-state index contributed by atoms with van der Waals surface area (Å²) in [4.78, 5) is 10.2. The van der Waals surface area contributed by atoms with E-state index in [-0.39, 0.29) is 6.42 Å². The third kappa shape index (κ3) is 8.83. The van der Waals surface area contributed by atoms with Gasteiger partial charge in [-0.25, -0.2) is 0 Å². The maximum absolute atomic E-state index is 10.2. The molecular formula is C12H14O4. The Balaban J connectivity index is 3.80. The first-order chi connectivity index (χ1) is 7.56. The lowest BCUT2D eigenvalue weighted by Crippen LogP contribution is -2.12. The molecule has 0 aliphatic rings. The van der Waals surface area contributed by atoms with Gasteiger partial charge in [0.2, 0.25) is 0 Å². The molecule has 2 atom stereocenters. The van der Waals surface area contributed by atoms with Gasteiger partial charge in [-0.15, -0.1) is 0 Å². The number of carboxylic acid groups (broad SMARTS) is 1. The molecule has 16 heavy (non-hydrogen) atoms. The third-order valence-corrected chi connectivity index (χ3v) is 1.61. The molecule has 0 aromatic heterocycles. The number of hydrogen-bond acceptors (Lipinski definition) is 3. The zero-order valence-electron chi connectivity index (χ0n) is 8.81. The normalized spacial score (nSPS) is 12.4. The minimum atomic E-state index is -1.03. The number of aliphatic carboxylic acids is 1. The fourth-order valence-electron chi connectivity index (χ4n) is 0.818. The van der Waals surface area contributed by atoms with Gasteiger partial charge in [-0.3, -0.25) is 4.79 Å². The highest BCUT2D eigenvalue weighted by atomic mass is 16.4. The molecule has 4 nitrogen and oxygen atoms in total. The lowest BCUT2D eigenvalue weighted by Gasteiger charge is -2.02. The Bertz CT molecular complexity index is 351. The van der Waals surface area contributed by atoms with Crippen LogP contribution in [0.1, 0.15) is 19.3 Å². The molecule has 0 aromatic rings. The molecule has 0 unspecified atom stereocenters. The summed E-state index contributed by atoms with van der Waals surface area (Å²) >= 11 is 0. The zero-order chi connectivity index (χ0) is 12.4. The highest BCUT2D eigenvalue weighted by Gasteiger charge is 2.07. The number of carboxylic acids is 1. The van der Waals surface area contributed by atoms with Gasteiger partial charge < -0.3 is 15.3 Å². The van der Waals surface area contributed by atoms with Crippen LogP contribution in [0.4, 0.5) is 0 Å². The topological polar surface area (TPSA) is 77.8 Å². The second-order valence-electron chi connectivity index (χ2n) is 3.04. The number of aliphatic hydroxyl groups excluding tert-OH is 2. The van der Waals surface area contributed by atoms with Crippen molar-refractivity contribution in [2.24, 2.45) is 0 Å². The van der Waals surface area contributed by atoms with Crippen LogP contribution < -0.4 is 0 Å². The summed E-state index contributed by atoms with van der Waals surface area (Å²) in [6.07, 6.45) is -0.0861. The fraction of sp³-hybridized carbons (Fsp3) is 0.417. The number of aliphatic hydroxyl groups is 2. The molecule has 0 heterocycles. The van der Waals surface area contributed by atoms with E-state index in [9.17, 15) is 4.79 Å². The smallest absolute Gasteiger partial charge is 0.305 e. The van der Waals surface area contributed by atoms with E-state index in [1.54, 1.807) is 0 Å². The first-order valence-electron chi connectivity index (χ1n) is 4.75. The van der Waals surface area contributed by atoms with Crippen LogP contribution in [0.15, 0.2) is 12.7 Å². The largest absolute Gasteiger partial charge is 0.481 e. The Morgan fingerprint density at radius 3 is 2.62 bits per heavy atom. The van der Waals surface area contributed by atoms with Crippen molar-refractivity contribution in [3.05, 3.63) is 12.7 Å². The molecule has 3 N–H and O–H groups in total. The van der Waals surface area contributed by atoms with E-state index in [2.05, 4.69) is 30.3 Å². The molecule has 0 spiro atoms. The molecule has 0 amide bonds. The van der Waals surface area contributed by atoms with E-state index in [0.717, 1.165) is 0 Å². The van der Waals surface area contributed by atoms with E-state index in [4.69, 9.17) is 15.3 Å². The Morgan fingerprint density at radius 1 is 1.38 bits per heavy atom. The van der Waals surface area contributed by atoms with Crippen LogP contribution in [0.25, 0.3) is 0 Å². The van der Waals surface area contributed by atoms with Crippen molar-refractivity contribution in [3.63, 3.8) is 0 Å². The summed E-state index contributed by atoms with van der Waals surface area (Å²) in [5, 5.41) is 26.5. The van der Waals surface area contributed by atoms with E-state index in [1.165, 1.54) is 6.08 Å². The van der Waals surface area contributed by atoms with Gasteiger partial charge in [0.05, 0.1) is 12.5 Å². The van der Waals surface area contributed by atoms with Crippen molar-refractivity contribution >= 4 is 5.97 Å². The molecule has 0 saturated heterocycles. The fourth-order valence-corrected chi connectivity index (χ4v) is 0.818. The second-order valence-corrected chi connectivity index (χ2v) is 3.04. The molecule has 4 heteroatoms. The van der Waals surface area contributed by atoms with Crippen molar-refractivity contribution in [2.75, 3.05) is 0 Å². The van der Waals surface area contributed by atoms with Gasteiger partial charge in [0.15, 0.2) is 0 Å². The maximum Gasteiger partial charge on any atom is 0.305 e. The van der Waals surface area contributed by atoms with Gasteiger partial charge in [0, 0.05) is 6.42 Å². The molecule has 0 aliphatic carbocycles. The van der Waals surface area contributed by atoms with Gasteiger partial charge in [0.25, 0.3) is 0 Å². The van der Waals surface area contributed by atoms with Gasteiger partial charge in [-0.2, -0.15) is 0 Å². The standard InChI is InChI=1S/C12H14O4/c1-2-10(13)7-5-3-4-6-8-11(14)9-12(15)16/h2,10-11,13-14H,1,6,8-9H2,(H,15,16)/t10-,11-/m1/s1. The molecule has 86 valence electrons. The second kappa shape index (κ2) is 8.55. The quantitative estimate of drug-likeness (QED) is 0.457. The highest BCUT2D eigenvalue weighted by Crippen LogP contribution is 2.00. The van der Waals surface area contributed by atoms with E-state index < -0.39 is 18.2 Å². The summed E-state index contributed by atoms with van der Waals surface area (Å²) in [7, 11) is 0. The first kappa shape index (κ1) is 14.2. The van der Waals surface area contributed by atoms with E-state index in [0.29, 0.717) is 12.8 Å². The minimum Gasteiger partial charge on any atom is -0.481 e. The molecule has 0 aromatic carbocycles. The van der Waals surface area contributed by atoms with E-state index in [1.807, 2.05) is 0 Å². The van der Waals surface area contributed by atoms with Crippen LogP contribution in [0.2, 0.25) is 0 Å². The lowest BCUT2D eigenvalue weighted by atomic mass is 10.1. The van der Waals surface area contributed by atoms with Crippen LogP contribution in [0.5, 0.6) is 0 Å². The number of rotatable bonds is 5. The average Bonchev–Trinajstić information content (AvgIpc) is 2.21. The Morgan fingerprint density at radius 2 is 2.06 bits per heavy atom. The predicted octanol–water partition coefficient (Wildman–Crippen LogP) is 0.156. The van der Waals surface area contributed by atoms with E-state index >= 15 is 0 Å². The minimum absolute atomic E-state index is 0.275. The van der Waals surface area contributed by atoms with Gasteiger partial charge in [-0.1, -0.05) is 24.5 Å². The van der Waals surface area contributed by atoms with Gasteiger partial charge >= 0.3 is 5.97 Å². The highest BCUT2D eigenvalue weighted by molar-refractivity contribution is 5.67. The molecular weight excluding hydrogens is 208 g/mol. The molecule has 0 aliphatic heterocycles. The monoisotopic (exact) mass is 222 g/mol. The SMILES string of the molecule is C=C[C@@H](O)C#CC#CCC[C@@H](O)CC(=O)O. The summed E-state index contributed by atoms with van der Waals surface area (Å²) in [6, 6.07) is 0. The third-order valence-electron chi connectivity index (χ3n) is 1.61. The van der Waals surface area contributed by atoms with Gasteiger partial charge in [-0.05, 0) is 18.3 Å². The molecule has 0 bridgehead atoms. The van der Waals surface area contributed by atoms with Crippen LogP contribution >= 0.6 is 0 Å². The summed E-state index contributed by atoms with van der Waals surface area (Å²) in [5.41, 5.74) is 0. The summed E-state index contributed by atoms with van der Waals surface area (Å²) < 4.78 is 0. The van der Waals surface area contributed by atoms with Crippen LogP contribution in [-0.4, -0.2) is 33.5 Å². The Labute approximate surface area is 94.6 Å². The lowest BCUT2D eigenvalue weighted by molar-refractivity contribution is -0.139. The van der Waals surface area contributed by atoms with Crippen LogP contribution in [-0.2, 0) is 4.79 Å². The Hall–Kier alpha value is -1.75. The molecule has 0 rings (SSSR count). The van der Waals surface area contributed by atoms with Gasteiger partial charge in [0.1, 0.15) is 6.10 Å². The van der Waals surface area contributed by atoms with Crippen LogP contribution in [0.3, 0.4) is 0 Å². The van der Waals surface area contributed by atoms with Crippen molar-refractivity contribution in [2.45, 2.75) is 31.5 Å². The van der Waals surface area contributed by atoms with Crippen molar-refractivity contribution in [3.8, 4) is 23.7 Å². The van der Waals surface area contributed by atoms with Crippen LogP contribution in [0, 0.1) is 23.7 Å². The van der Waals surface area contributed by atoms with Crippen molar-refractivity contribution < 1.29 is 20.1 Å². The summed E-state index contributed by atoms with van der Waals surface area (Å²) in [5.74, 6) is 8.93. The Kier molecular flexibility index (Phi) is 7.61. The first-order valence-corrected chi connectivity index (χ1v) is 4.75. The zero-order valence-corrected chi connectivity index (χ0v) is 8.81.